The van der Waals surface area contributed by atoms with E-state index in [-0.39, 0.29) is 23.0 Å². The summed E-state index contributed by atoms with van der Waals surface area (Å²) >= 11 is 0. The number of aromatic hydroxyl groups is 1. The van der Waals surface area contributed by atoms with Gasteiger partial charge in [-0.05, 0) is 18.2 Å². The highest BCUT2D eigenvalue weighted by Gasteiger charge is 2.10. The van der Waals surface area contributed by atoms with Crippen molar-refractivity contribution in [3.05, 3.63) is 52.1 Å². The standard InChI is InChI=1S/C15H11N3O5/c1-22-11-3-4-12-14(7-11)23-15(17-12)16-8-9-6-10(18(20)21)2-5-13(9)19/h2-8,19H,1H3/b16-8+. The summed E-state index contributed by atoms with van der Waals surface area (Å²) in [6, 6.07) is 8.86. The molecule has 0 spiro atoms. The topological polar surface area (TPSA) is 111 Å². The summed E-state index contributed by atoms with van der Waals surface area (Å²) in [5.41, 5.74) is 1.14. The molecule has 0 fully saturated rings. The van der Waals surface area contributed by atoms with Crippen LogP contribution in [-0.4, -0.2) is 28.3 Å². The molecule has 0 aliphatic rings. The van der Waals surface area contributed by atoms with Crippen molar-refractivity contribution in [2.45, 2.75) is 0 Å². The molecule has 0 aliphatic heterocycles. The second kappa shape index (κ2) is 5.76. The van der Waals surface area contributed by atoms with Crippen molar-refractivity contribution < 1.29 is 19.2 Å². The van der Waals surface area contributed by atoms with Gasteiger partial charge in [0.05, 0.1) is 12.0 Å². The number of benzene rings is 2. The highest BCUT2D eigenvalue weighted by atomic mass is 16.6. The zero-order valence-corrected chi connectivity index (χ0v) is 12.0. The molecule has 0 amide bonds. The Morgan fingerprint density at radius 3 is 2.91 bits per heavy atom. The molecule has 8 nitrogen and oxygen atoms in total. The van der Waals surface area contributed by atoms with Gasteiger partial charge in [-0.25, -0.2) is 4.99 Å². The molecule has 0 saturated carbocycles. The maximum atomic E-state index is 10.8. The zero-order chi connectivity index (χ0) is 16.4. The maximum absolute atomic E-state index is 10.8. The molecular formula is C15H11N3O5. The second-order valence-electron chi connectivity index (χ2n) is 4.59. The minimum atomic E-state index is -0.553. The van der Waals surface area contributed by atoms with Crippen LogP contribution >= 0.6 is 0 Å². The summed E-state index contributed by atoms with van der Waals surface area (Å²) in [5.74, 6) is 0.498. The minimum absolute atomic E-state index is 0.0687. The van der Waals surface area contributed by atoms with Gasteiger partial charge in [0.2, 0.25) is 0 Å². The van der Waals surface area contributed by atoms with E-state index in [4.69, 9.17) is 9.15 Å². The van der Waals surface area contributed by atoms with Crippen LogP contribution in [0.15, 0.2) is 45.8 Å². The van der Waals surface area contributed by atoms with Crippen molar-refractivity contribution in [1.82, 2.24) is 4.98 Å². The van der Waals surface area contributed by atoms with E-state index in [1.165, 1.54) is 24.4 Å². The van der Waals surface area contributed by atoms with E-state index in [1.54, 1.807) is 25.3 Å². The van der Waals surface area contributed by atoms with E-state index in [2.05, 4.69) is 9.98 Å². The molecule has 23 heavy (non-hydrogen) atoms. The largest absolute Gasteiger partial charge is 0.507 e. The van der Waals surface area contributed by atoms with Gasteiger partial charge in [-0.2, -0.15) is 4.98 Å². The molecule has 0 saturated heterocycles. The summed E-state index contributed by atoms with van der Waals surface area (Å²) in [6.45, 7) is 0. The van der Waals surface area contributed by atoms with Crippen LogP contribution in [0.25, 0.3) is 11.1 Å². The van der Waals surface area contributed by atoms with Gasteiger partial charge in [0.15, 0.2) is 5.58 Å². The summed E-state index contributed by atoms with van der Waals surface area (Å²) in [5, 5.41) is 20.5. The van der Waals surface area contributed by atoms with Crippen LogP contribution in [0, 0.1) is 10.1 Å². The SMILES string of the molecule is COc1ccc2nc(/N=C/c3cc([N+](=O)[O-])ccc3O)oc2c1. The number of phenolic OH excluding ortho intramolecular Hbond substituents is 1. The van der Waals surface area contributed by atoms with Crippen molar-refractivity contribution >= 4 is 29.0 Å². The molecule has 0 unspecified atom stereocenters. The molecule has 0 bridgehead atoms. The van der Waals surface area contributed by atoms with Gasteiger partial charge in [0, 0.05) is 30.0 Å². The van der Waals surface area contributed by atoms with Crippen LogP contribution in [-0.2, 0) is 0 Å². The maximum Gasteiger partial charge on any atom is 0.322 e. The Morgan fingerprint density at radius 2 is 2.17 bits per heavy atom. The third kappa shape index (κ3) is 2.95. The van der Waals surface area contributed by atoms with Gasteiger partial charge in [0.1, 0.15) is 17.0 Å². The molecule has 3 aromatic rings. The lowest BCUT2D eigenvalue weighted by molar-refractivity contribution is -0.384. The Bertz CT molecular complexity index is 917. The normalized spacial score (nSPS) is 11.2. The van der Waals surface area contributed by atoms with Crippen molar-refractivity contribution in [2.75, 3.05) is 7.11 Å². The number of methoxy groups -OCH3 is 1. The van der Waals surface area contributed by atoms with E-state index in [0.29, 0.717) is 16.8 Å². The smallest absolute Gasteiger partial charge is 0.322 e. The molecule has 116 valence electrons. The number of fused-ring (bicyclic) bond motifs is 1. The molecule has 0 aliphatic carbocycles. The van der Waals surface area contributed by atoms with Crippen molar-refractivity contribution in [3.63, 3.8) is 0 Å². The lowest BCUT2D eigenvalue weighted by Crippen LogP contribution is -1.90. The fourth-order valence-corrected chi connectivity index (χ4v) is 1.96. The molecule has 1 N–H and O–H groups in total. The molecule has 3 rings (SSSR count). The number of nitro benzene ring substituents is 1. The average Bonchev–Trinajstić information content (AvgIpc) is 2.95. The van der Waals surface area contributed by atoms with E-state index >= 15 is 0 Å². The number of hydrogen-bond acceptors (Lipinski definition) is 7. The lowest BCUT2D eigenvalue weighted by Gasteiger charge is -1.97. The van der Waals surface area contributed by atoms with E-state index in [1.807, 2.05) is 0 Å². The van der Waals surface area contributed by atoms with Crippen LogP contribution in [0.1, 0.15) is 5.56 Å². The monoisotopic (exact) mass is 313 g/mol. The number of aliphatic imine (C=N–C) groups is 1. The first-order chi connectivity index (χ1) is 11.1. The van der Waals surface area contributed by atoms with Gasteiger partial charge in [-0.15, -0.1) is 0 Å². The van der Waals surface area contributed by atoms with Crippen LogP contribution in [0.5, 0.6) is 11.5 Å². The van der Waals surface area contributed by atoms with Gasteiger partial charge in [-0.3, -0.25) is 10.1 Å². The Labute approximate surface area is 129 Å². The highest BCUT2D eigenvalue weighted by molar-refractivity contribution is 5.86. The Kier molecular flexibility index (Phi) is 3.63. The van der Waals surface area contributed by atoms with Crippen LogP contribution in [0.3, 0.4) is 0 Å². The number of nitrogens with zero attached hydrogens (tertiary/aromatic N) is 3. The molecular weight excluding hydrogens is 302 g/mol. The average molecular weight is 313 g/mol. The Morgan fingerprint density at radius 1 is 1.35 bits per heavy atom. The molecule has 0 radical (unpaired) electrons. The molecule has 2 aromatic carbocycles. The van der Waals surface area contributed by atoms with Gasteiger partial charge in [0.25, 0.3) is 5.69 Å². The number of ether oxygens (including phenoxy) is 1. The predicted molar refractivity (Wildman–Crippen MR) is 82.6 cm³/mol. The number of phenols is 1. The number of oxazole rings is 1. The number of nitro groups is 1. The fraction of sp³-hybridized carbons (Fsp3) is 0.0667. The second-order valence-corrected chi connectivity index (χ2v) is 4.59. The number of hydrogen-bond donors (Lipinski definition) is 1. The third-order valence-electron chi connectivity index (χ3n) is 3.12. The predicted octanol–water partition coefficient (Wildman–Crippen LogP) is 3.20. The Balaban J connectivity index is 1.93. The third-order valence-corrected chi connectivity index (χ3v) is 3.12. The summed E-state index contributed by atoms with van der Waals surface area (Å²) in [7, 11) is 1.54. The first-order valence-corrected chi connectivity index (χ1v) is 6.53. The molecule has 0 atom stereocenters. The molecule has 1 aromatic heterocycles. The van der Waals surface area contributed by atoms with Crippen LogP contribution < -0.4 is 4.74 Å². The van der Waals surface area contributed by atoms with Crippen LogP contribution in [0.2, 0.25) is 0 Å². The lowest BCUT2D eigenvalue weighted by atomic mass is 10.2. The summed E-state index contributed by atoms with van der Waals surface area (Å²) in [6.07, 6.45) is 1.25. The van der Waals surface area contributed by atoms with Crippen molar-refractivity contribution in [1.29, 1.82) is 0 Å². The quantitative estimate of drug-likeness (QED) is 0.450. The minimum Gasteiger partial charge on any atom is -0.507 e. The molecule has 8 heteroatoms. The number of non-ortho nitro benzene ring substituents is 1. The zero-order valence-electron chi connectivity index (χ0n) is 12.0. The van der Waals surface area contributed by atoms with Crippen molar-refractivity contribution in [3.8, 4) is 11.5 Å². The number of rotatable bonds is 4. The van der Waals surface area contributed by atoms with Gasteiger partial charge < -0.3 is 14.3 Å². The summed E-state index contributed by atoms with van der Waals surface area (Å²) < 4.78 is 10.5. The fourth-order valence-electron chi connectivity index (χ4n) is 1.96. The van der Waals surface area contributed by atoms with E-state index in [9.17, 15) is 15.2 Å². The van der Waals surface area contributed by atoms with E-state index < -0.39 is 4.92 Å². The van der Waals surface area contributed by atoms with Crippen LogP contribution in [0.4, 0.5) is 11.7 Å². The highest BCUT2D eigenvalue weighted by Crippen LogP contribution is 2.26. The first kappa shape index (κ1) is 14.5. The van der Waals surface area contributed by atoms with E-state index in [0.717, 1.165) is 0 Å². The van der Waals surface area contributed by atoms with Gasteiger partial charge >= 0.3 is 6.01 Å². The summed E-state index contributed by atoms with van der Waals surface area (Å²) in [4.78, 5) is 18.4. The first-order valence-electron chi connectivity index (χ1n) is 6.53. The van der Waals surface area contributed by atoms with Crippen molar-refractivity contribution in [2.24, 2.45) is 4.99 Å². The van der Waals surface area contributed by atoms with Gasteiger partial charge in [-0.1, -0.05) is 0 Å². The molecule has 1 heterocycles. The Hall–Kier alpha value is -3.42. The number of aromatic nitrogens is 1.